The van der Waals surface area contributed by atoms with Gasteiger partial charge in [0, 0.05) is 16.3 Å². The average Bonchev–Trinajstić information content (AvgIpc) is 3.20. The number of benzene rings is 3. The molecule has 10 nitrogen and oxygen atoms in total. The fraction of sp³-hybridized carbons (Fsp3) is 0.214. The molecule has 1 heterocycles. The number of carbonyl (C=O) groups excluding carboxylic acids is 4. The van der Waals surface area contributed by atoms with Crippen LogP contribution in [0, 0.1) is 0 Å². The first-order valence-corrected chi connectivity index (χ1v) is 12.2. The second-order valence-electron chi connectivity index (χ2n) is 9.17. The van der Waals surface area contributed by atoms with Gasteiger partial charge in [-0.3, -0.25) is 14.4 Å². The summed E-state index contributed by atoms with van der Waals surface area (Å²) in [5.74, 6) is -1.88. The first-order chi connectivity index (χ1) is 18.4. The summed E-state index contributed by atoms with van der Waals surface area (Å²) in [5.41, 5.74) is 9.35. The number of esters is 1. The highest BCUT2D eigenvalue weighted by molar-refractivity contribution is 6.34. The van der Waals surface area contributed by atoms with E-state index in [1.807, 2.05) is 0 Å². The summed E-state index contributed by atoms with van der Waals surface area (Å²) in [7, 11) is 0. The smallest absolute Gasteiger partial charge is 0.339 e. The van der Waals surface area contributed by atoms with Gasteiger partial charge in [0.05, 0.1) is 22.4 Å². The molecule has 0 saturated heterocycles. The van der Waals surface area contributed by atoms with Gasteiger partial charge in [0.1, 0.15) is 0 Å². The summed E-state index contributed by atoms with van der Waals surface area (Å²) in [6, 6.07) is 19.0. The van der Waals surface area contributed by atoms with Crippen molar-refractivity contribution in [2.75, 3.05) is 10.2 Å². The molecule has 1 saturated carbocycles. The number of hydrogen-bond donors (Lipinski definition) is 1. The van der Waals surface area contributed by atoms with Crippen molar-refractivity contribution in [3.63, 3.8) is 0 Å². The minimum Gasteiger partial charge on any atom is -0.445 e. The molecule has 2 aliphatic rings. The van der Waals surface area contributed by atoms with Gasteiger partial charge in [0.25, 0.3) is 17.7 Å². The molecule has 190 valence electrons. The second-order valence-corrected chi connectivity index (χ2v) is 9.17. The lowest BCUT2D eigenvalue weighted by molar-refractivity contribution is -0.138. The number of imide groups is 1. The van der Waals surface area contributed by atoms with E-state index >= 15 is 0 Å². The van der Waals surface area contributed by atoms with Crippen molar-refractivity contribution in [1.82, 2.24) is 0 Å². The molecule has 0 spiro atoms. The third-order valence-electron chi connectivity index (χ3n) is 6.80. The van der Waals surface area contributed by atoms with Crippen LogP contribution >= 0.6 is 0 Å². The van der Waals surface area contributed by atoms with Gasteiger partial charge in [-0.1, -0.05) is 35.8 Å². The van der Waals surface area contributed by atoms with Gasteiger partial charge in [-0.2, -0.15) is 0 Å². The standard InChI is InChI=1S/C28H23N5O5/c29-32-31-20-10-8-18(9-11-20)26(36)38-28(16-4-1-5-17-28)27(37)30-19-12-14-21(15-13-19)33-24(34)22-6-2-3-7-23(22)25(33)35/h2-3,6-15H,1,4-5,16-17H2,(H,30,37). The van der Waals surface area contributed by atoms with Gasteiger partial charge < -0.3 is 10.1 Å². The SMILES string of the molecule is [N-]=[N+]=Nc1ccc(C(=O)OC2(C(=O)Nc3ccc(N4C(=O)c5ccccc5C4=O)cc3)CCCCC2)cc1. The maximum atomic E-state index is 13.4. The topological polar surface area (TPSA) is 142 Å². The van der Waals surface area contributed by atoms with Crippen molar-refractivity contribution in [2.45, 2.75) is 37.7 Å². The van der Waals surface area contributed by atoms with Crippen LogP contribution in [0.25, 0.3) is 10.4 Å². The summed E-state index contributed by atoms with van der Waals surface area (Å²) in [5, 5.41) is 6.32. The van der Waals surface area contributed by atoms with Crippen molar-refractivity contribution in [3.05, 3.63) is 99.9 Å². The van der Waals surface area contributed by atoms with E-state index < -0.39 is 29.3 Å². The summed E-state index contributed by atoms with van der Waals surface area (Å²) >= 11 is 0. The van der Waals surface area contributed by atoms with E-state index in [0.717, 1.165) is 24.2 Å². The highest BCUT2D eigenvalue weighted by atomic mass is 16.6. The molecule has 10 heteroatoms. The number of anilines is 2. The van der Waals surface area contributed by atoms with Gasteiger partial charge in [-0.25, -0.2) is 9.69 Å². The number of fused-ring (bicyclic) bond motifs is 1. The fourth-order valence-electron chi connectivity index (χ4n) is 4.81. The molecule has 0 radical (unpaired) electrons. The predicted octanol–water partition coefficient (Wildman–Crippen LogP) is 5.93. The largest absolute Gasteiger partial charge is 0.445 e. The summed E-state index contributed by atoms with van der Waals surface area (Å²) in [6.07, 6.45) is 3.16. The molecule has 1 aliphatic carbocycles. The van der Waals surface area contributed by atoms with Crippen molar-refractivity contribution < 1.29 is 23.9 Å². The Hall–Kier alpha value is -4.95. The summed E-state index contributed by atoms with van der Waals surface area (Å²) < 4.78 is 5.82. The molecule has 3 aromatic carbocycles. The molecule has 1 fully saturated rings. The maximum Gasteiger partial charge on any atom is 0.339 e. The van der Waals surface area contributed by atoms with E-state index in [1.54, 1.807) is 48.5 Å². The van der Waals surface area contributed by atoms with Crippen LogP contribution in [0.1, 0.15) is 63.2 Å². The van der Waals surface area contributed by atoms with Crippen molar-refractivity contribution in [1.29, 1.82) is 0 Å². The Morgan fingerprint density at radius 3 is 2.05 bits per heavy atom. The number of nitrogens with zero attached hydrogens (tertiary/aromatic N) is 4. The number of rotatable bonds is 6. The van der Waals surface area contributed by atoms with Gasteiger partial charge in [-0.05, 0) is 79.7 Å². The van der Waals surface area contributed by atoms with Crippen LogP contribution < -0.4 is 10.2 Å². The van der Waals surface area contributed by atoms with E-state index in [4.69, 9.17) is 10.3 Å². The fourth-order valence-corrected chi connectivity index (χ4v) is 4.81. The molecule has 5 rings (SSSR count). The first kappa shape index (κ1) is 24.7. The number of azide groups is 1. The molecule has 38 heavy (non-hydrogen) atoms. The van der Waals surface area contributed by atoms with Crippen LogP contribution in [0.5, 0.6) is 0 Å². The van der Waals surface area contributed by atoms with Crippen molar-refractivity contribution in [2.24, 2.45) is 5.11 Å². The van der Waals surface area contributed by atoms with E-state index in [2.05, 4.69) is 15.3 Å². The summed E-state index contributed by atoms with van der Waals surface area (Å²) in [4.78, 5) is 55.7. The van der Waals surface area contributed by atoms with Crippen LogP contribution in [0.2, 0.25) is 0 Å². The Bertz CT molecular complexity index is 1440. The minimum absolute atomic E-state index is 0.241. The Balaban J connectivity index is 1.31. The van der Waals surface area contributed by atoms with E-state index in [0.29, 0.717) is 41.0 Å². The van der Waals surface area contributed by atoms with Gasteiger partial charge in [0.15, 0.2) is 5.60 Å². The number of hydrogen-bond acceptors (Lipinski definition) is 6. The highest BCUT2D eigenvalue weighted by Crippen LogP contribution is 2.35. The molecule has 1 aliphatic heterocycles. The lowest BCUT2D eigenvalue weighted by Gasteiger charge is -2.35. The van der Waals surface area contributed by atoms with Crippen LogP contribution in [0.15, 0.2) is 77.9 Å². The van der Waals surface area contributed by atoms with Gasteiger partial charge in [0.2, 0.25) is 0 Å². The van der Waals surface area contributed by atoms with Gasteiger partial charge in [-0.15, -0.1) is 0 Å². The molecule has 0 atom stereocenters. The lowest BCUT2D eigenvalue weighted by atomic mass is 9.83. The van der Waals surface area contributed by atoms with Crippen LogP contribution in [-0.4, -0.2) is 29.3 Å². The lowest BCUT2D eigenvalue weighted by Crippen LogP contribution is -2.48. The molecular weight excluding hydrogens is 486 g/mol. The van der Waals surface area contributed by atoms with E-state index in [9.17, 15) is 19.2 Å². The molecule has 3 amide bonds. The van der Waals surface area contributed by atoms with Crippen LogP contribution in [0.4, 0.5) is 17.1 Å². The molecule has 0 aromatic heterocycles. The number of ether oxygens (including phenoxy) is 1. The number of nitrogens with one attached hydrogen (secondary N) is 1. The zero-order chi connectivity index (χ0) is 26.7. The zero-order valence-corrected chi connectivity index (χ0v) is 20.3. The Labute approximate surface area is 217 Å². The predicted molar refractivity (Wildman–Crippen MR) is 139 cm³/mol. The van der Waals surface area contributed by atoms with Crippen LogP contribution in [0.3, 0.4) is 0 Å². The van der Waals surface area contributed by atoms with Crippen LogP contribution in [-0.2, 0) is 9.53 Å². The Morgan fingerprint density at radius 2 is 1.47 bits per heavy atom. The molecular formula is C28H23N5O5. The van der Waals surface area contributed by atoms with E-state index in [-0.39, 0.29) is 5.56 Å². The highest BCUT2D eigenvalue weighted by Gasteiger charge is 2.44. The molecule has 1 N–H and O–H groups in total. The minimum atomic E-state index is -1.33. The second kappa shape index (κ2) is 10.2. The molecule has 0 bridgehead atoms. The third-order valence-corrected chi connectivity index (χ3v) is 6.80. The zero-order valence-electron chi connectivity index (χ0n) is 20.3. The van der Waals surface area contributed by atoms with Gasteiger partial charge >= 0.3 is 5.97 Å². The first-order valence-electron chi connectivity index (χ1n) is 12.2. The molecule has 3 aromatic rings. The number of amides is 3. The third kappa shape index (κ3) is 4.60. The van der Waals surface area contributed by atoms with Crippen molar-refractivity contribution >= 4 is 40.8 Å². The Morgan fingerprint density at radius 1 is 0.868 bits per heavy atom. The summed E-state index contributed by atoms with van der Waals surface area (Å²) in [6.45, 7) is 0. The van der Waals surface area contributed by atoms with Crippen molar-refractivity contribution in [3.8, 4) is 0 Å². The average molecular weight is 510 g/mol. The monoisotopic (exact) mass is 509 g/mol. The van der Waals surface area contributed by atoms with E-state index in [1.165, 1.54) is 24.3 Å². The Kier molecular flexibility index (Phi) is 6.64. The normalized spacial score (nSPS) is 15.8. The molecule has 0 unspecified atom stereocenters. The quantitative estimate of drug-likeness (QED) is 0.144. The maximum absolute atomic E-state index is 13.4. The number of carbonyl (C=O) groups is 4.